The highest BCUT2D eigenvalue weighted by Crippen LogP contribution is 2.27. The van der Waals surface area contributed by atoms with Gasteiger partial charge < -0.3 is 10.4 Å². The molecule has 0 fully saturated rings. The zero-order valence-corrected chi connectivity index (χ0v) is 10.2. The number of rotatable bonds is 3. The molecule has 90 valence electrons. The van der Waals surface area contributed by atoms with Crippen LogP contribution in [0.5, 0.6) is 0 Å². The second-order valence-electron chi connectivity index (χ2n) is 3.06. The topological polar surface area (TPSA) is 32.3 Å². The first-order valence-corrected chi connectivity index (χ1v) is 5.41. The molecule has 0 aromatic heterocycles. The summed E-state index contributed by atoms with van der Waals surface area (Å²) in [5.41, 5.74) is 0.399. The number of nitrogens with one attached hydrogen (secondary N) is 1. The zero-order valence-electron chi connectivity index (χ0n) is 7.85. The molecule has 0 aliphatic rings. The van der Waals surface area contributed by atoms with E-state index in [9.17, 15) is 13.2 Å². The van der Waals surface area contributed by atoms with Gasteiger partial charge in [-0.1, -0.05) is 11.6 Å². The molecule has 1 unspecified atom stereocenters. The SMILES string of the molecule is OC(CNc1cc(Cl)ccc1Br)C(F)(F)F. The van der Waals surface area contributed by atoms with E-state index in [1.54, 1.807) is 12.1 Å². The van der Waals surface area contributed by atoms with Crippen LogP contribution >= 0.6 is 27.5 Å². The molecule has 0 heterocycles. The van der Waals surface area contributed by atoms with E-state index >= 15 is 0 Å². The van der Waals surface area contributed by atoms with E-state index in [0.717, 1.165) is 0 Å². The summed E-state index contributed by atoms with van der Waals surface area (Å²) < 4.78 is 36.6. The summed E-state index contributed by atoms with van der Waals surface area (Å²) in [4.78, 5) is 0. The summed E-state index contributed by atoms with van der Waals surface area (Å²) in [5, 5.41) is 11.6. The van der Waals surface area contributed by atoms with Crippen molar-refractivity contribution in [3.63, 3.8) is 0 Å². The number of benzene rings is 1. The minimum absolute atomic E-state index is 0.396. The minimum atomic E-state index is -4.63. The molecule has 0 aliphatic heterocycles. The standard InChI is InChI=1S/C9H8BrClF3NO/c10-6-2-1-5(11)3-7(6)15-4-8(16)9(12,13)14/h1-3,8,15-16H,4H2. The Bertz CT molecular complexity index is 372. The van der Waals surface area contributed by atoms with Gasteiger partial charge in [0.25, 0.3) is 0 Å². The summed E-state index contributed by atoms with van der Waals surface area (Å²) >= 11 is 8.82. The number of hydrogen-bond donors (Lipinski definition) is 2. The third-order valence-corrected chi connectivity index (χ3v) is 2.72. The third-order valence-electron chi connectivity index (χ3n) is 1.79. The summed E-state index contributed by atoms with van der Waals surface area (Å²) in [5.74, 6) is 0. The molecule has 16 heavy (non-hydrogen) atoms. The normalized spacial score (nSPS) is 13.6. The quantitative estimate of drug-likeness (QED) is 0.895. The van der Waals surface area contributed by atoms with Crippen LogP contribution in [-0.2, 0) is 0 Å². The smallest absolute Gasteiger partial charge is 0.382 e. The molecule has 0 aliphatic carbocycles. The maximum Gasteiger partial charge on any atom is 0.416 e. The van der Waals surface area contributed by atoms with Gasteiger partial charge in [-0.3, -0.25) is 0 Å². The van der Waals surface area contributed by atoms with Crippen molar-refractivity contribution in [3.05, 3.63) is 27.7 Å². The lowest BCUT2D eigenvalue weighted by Crippen LogP contribution is -2.35. The zero-order chi connectivity index (χ0) is 12.3. The van der Waals surface area contributed by atoms with E-state index in [2.05, 4.69) is 21.2 Å². The summed E-state index contributed by atoms with van der Waals surface area (Å²) in [6.45, 7) is -0.623. The number of alkyl halides is 3. The molecule has 1 rings (SSSR count). The van der Waals surface area contributed by atoms with E-state index < -0.39 is 18.8 Å². The Labute approximate surface area is 104 Å². The van der Waals surface area contributed by atoms with Gasteiger partial charge in [0.15, 0.2) is 6.10 Å². The highest BCUT2D eigenvalue weighted by molar-refractivity contribution is 9.10. The molecule has 0 saturated heterocycles. The monoisotopic (exact) mass is 317 g/mol. The molecule has 0 saturated carbocycles. The number of aliphatic hydroxyl groups is 1. The summed E-state index contributed by atoms with van der Waals surface area (Å²) in [7, 11) is 0. The van der Waals surface area contributed by atoms with Gasteiger partial charge >= 0.3 is 6.18 Å². The van der Waals surface area contributed by atoms with Crippen LogP contribution in [0.15, 0.2) is 22.7 Å². The summed E-state index contributed by atoms with van der Waals surface area (Å²) in [6.07, 6.45) is -7.03. The Kier molecular flexibility index (Phi) is 4.46. The average Bonchev–Trinajstić information content (AvgIpc) is 2.17. The van der Waals surface area contributed by atoms with E-state index in [1.807, 2.05) is 0 Å². The Morgan fingerprint density at radius 3 is 2.62 bits per heavy atom. The van der Waals surface area contributed by atoms with Gasteiger partial charge in [0.2, 0.25) is 0 Å². The minimum Gasteiger partial charge on any atom is -0.382 e. The van der Waals surface area contributed by atoms with Crippen molar-refractivity contribution in [3.8, 4) is 0 Å². The Morgan fingerprint density at radius 1 is 1.44 bits per heavy atom. The molecule has 1 aromatic rings. The first-order chi connectivity index (χ1) is 7.30. The Balaban J connectivity index is 2.64. The molecule has 2 N–H and O–H groups in total. The van der Waals surface area contributed by atoms with Gasteiger partial charge in [-0.15, -0.1) is 0 Å². The lowest BCUT2D eigenvalue weighted by atomic mass is 10.3. The second kappa shape index (κ2) is 5.25. The fraction of sp³-hybridized carbons (Fsp3) is 0.333. The first kappa shape index (κ1) is 13.6. The van der Waals surface area contributed by atoms with E-state index in [0.29, 0.717) is 15.2 Å². The molecule has 0 bridgehead atoms. The number of anilines is 1. The summed E-state index contributed by atoms with van der Waals surface area (Å²) in [6, 6.07) is 4.66. The predicted octanol–water partition coefficient (Wildman–Crippen LogP) is 3.44. The molecule has 1 atom stereocenters. The number of aliphatic hydroxyl groups excluding tert-OH is 1. The fourth-order valence-corrected chi connectivity index (χ4v) is 1.51. The lowest BCUT2D eigenvalue weighted by molar-refractivity contribution is -0.198. The molecular formula is C9H8BrClF3NO. The molecule has 7 heteroatoms. The van der Waals surface area contributed by atoms with E-state index in [4.69, 9.17) is 16.7 Å². The molecule has 0 spiro atoms. The first-order valence-electron chi connectivity index (χ1n) is 4.24. The van der Waals surface area contributed by atoms with Crippen LogP contribution in [0.3, 0.4) is 0 Å². The van der Waals surface area contributed by atoms with Crippen LogP contribution in [-0.4, -0.2) is 23.9 Å². The van der Waals surface area contributed by atoms with E-state index in [-0.39, 0.29) is 0 Å². The maximum atomic E-state index is 12.0. The molecule has 0 amide bonds. The van der Waals surface area contributed by atoms with Crippen LogP contribution < -0.4 is 5.32 Å². The van der Waals surface area contributed by atoms with Crippen LogP contribution in [0.2, 0.25) is 5.02 Å². The van der Waals surface area contributed by atoms with Crippen LogP contribution in [0.25, 0.3) is 0 Å². The highest BCUT2D eigenvalue weighted by Gasteiger charge is 2.37. The largest absolute Gasteiger partial charge is 0.416 e. The molecule has 0 radical (unpaired) electrons. The Hall–Kier alpha value is -0.460. The van der Waals surface area contributed by atoms with Gasteiger partial charge in [0, 0.05) is 16.0 Å². The molecule has 1 aromatic carbocycles. The van der Waals surface area contributed by atoms with Gasteiger partial charge in [0.05, 0.1) is 5.69 Å². The van der Waals surface area contributed by atoms with Crippen molar-refractivity contribution in [1.29, 1.82) is 0 Å². The van der Waals surface area contributed by atoms with Crippen molar-refractivity contribution >= 4 is 33.2 Å². The highest BCUT2D eigenvalue weighted by atomic mass is 79.9. The van der Waals surface area contributed by atoms with Crippen molar-refractivity contribution in [2.24, 2.45) is 0 Å². The maximum absolute atomic E-state index is 12.0. The fourth-order valence-electron chi connectivity index (χ4n) is 0.955. The predicted molar refractivity (Wildman–Crippen MR) is 59.7 cm³/mol. The van der Waals surface area contributed by atoms with Crippen LogP contribution in [0.1, 0.15) is 0 Å². The van der Waals surface area contributed by atoms with Crippen molar-refractivity contribution < 1.29 is 18.3 Å². The van der Waals surface area contributed by atoms with Crippen molar-refractivity contribution in [1.82, 2.24) is 0 Å². The average molecular weight is 319 g/mol. The van der Waals surface area contributed by atoms with Gasteiger partial charge in [-0.05, 0) is 34.1 Å². The number of halogens is 5. The second-order valence-corrected chi connectivity index (χ2v) is 4.35. The van der Waals surface area contributed by atoms with Crippen LogP contribution in [0.4, 0.5) is 18.9 Å². The third kappa shape index (κ3) is 3.84. The van der Waals surface area contributed by atoms with E-state index in [1.165, 1.54) is 6.07 Å². The lowest BCUT2D eigenvalue weighted by Gasteiger charge is -2.16. The number of hydrogen-bond acceptors (Lipinski definition) is 2. The van der Waals surface area contributed by atoms with Crippen molar-refractivity contribution in [2.75, 3.05) is 11.9 Å². The van der Waals surface area contributed by atoms with Gasteiger partial charge in [-0.2, -0.15) is 13.2 Å². The van der Waals surface area contributed by atoms with Crippen LogP contribution in [0, 0.1) is 0 Å². The molecular weight excluding hydrogens is 310 g/mol. The van der Waals surface area contributed by atoms with Gasteiger partial charge in [-0.25, -0.2) is 0 Å². The molecule has 2 nitrogen and oxygen atoms in total. The van der Waals surface area contributed by atoms with Crippen molar-refractivity contribution in [2.45, 2.75) is 12.3 Å². The van der Waals surface area contributed by atoms with Gasteiger partial charge in [0.1, 0.15) is 0 Å². The Morgan fingerprint density at radius 2 is 2.06 bits per heavy atom.